The number of halogens is 2. The molecule has 0 aliphatic rings. The topological polar surface area (TPSA) is 30.2 Å². The van der Waals surface area contributed by atoms with Crippen molar-refractivity contribution in [3.05, 3.63) is 63.4 Å². The molecule has 0 fully saturated rings. The Morgan fingerprint density at radius 2 is 1.52 bits per heavy atom. The number of nitrogens with zero attached hydrogens (tertiary/aromatic N) is 3. The van der Waals surface area contributed by atoms with Gasteiger partial charge in [0, 0.05) is 22.7 Å². The molecule has 106 valence electrons. The highest BCUT2D eigenvalue weighted by Crippen LogP contribution is 2.24. The van der Waals surface area contributed by atoms with Gasteiger partial charge in [0.15, 0.2) is 5.82 Å². The van der Waals surface area contributed by atoms with Crippen LogP contribution in [-0.4, -0.2) is 16.0 Å². The van der Waals surface area contributed by atoms with Gasteiger partial charge >= 0.3 is 0 Å². The molecule has 0 spiro atoms. The molecule has 3 nitrogen and oxygen atoms in total. The zero-order chi connectivity index (χ0) is 14.8. The van der Waals surface area contributed by atoms with Crippen LogP contribution >= 0.6 is 34.7 Å². The van der Waals surface area contributed by atoms with Crippen molar-refractivity contribution in [1.82, 2.24) is 8.94 Å². The van der Waals surface area contributed by atoms with E-state index in [0.717, 1.165) is 21.9 Å². The van der Waals surface area contributed by atoms with Gasteiger partial charge in [-0.05, 0) is 60.1 Å². The summed E-state index contributed by atoms with van der Waals surface area (Å²) in [5.41, 5.74) is 1.98. The van der Waals surface area contributed by atoms with Crippen molar-refractivity contribution in [2.45, 2.75) is 0 Å². The van der Waals surface area contributed by atoms with Crippen molar-refractivity contribution in [3.8, 4) is 17.1 Å². The van der Waals surface area contributed by atoms with Crippen molar-refractivity contribution in [1.29, 1.82) is 0 Å². The van der Waals surface area contributed by atoms with E-state index >= 15 is 0 Å². The van der Waals surface area contributed by atoms with Crippen LogP contribution in [0.5, 0.6) is 0 Å². The van der Waals surface area contributed by atoms with E-state index < -0.39 is 0 Å². The summed E-state index contributed by atoms with van der Waals surface area (Å²) in [6.45, 7) is 0. The largest absolute Gasteiger partial charge is 0.260 e. The van der Waals surface area contributed by atoms with Crippen LogP contribution in [0.3, 0.4) is 0 Å². The number of benzene rings is 2. The molecule has 0 aliphatic carbocycles. The van der Waals surface area contributed by atoms with E-state index in [4.69, 9.17) is 23.2 Å². The van der Waals surface area contributed by atoms with E-state index in [1.807, 2.05) is 52.5 Å². The van der Waals surface area contributed by atoms with Gasteiger partial charge in [-0.1, -0.05) is 23.2 Å². The van der Waals surface area contributed by atoms with Crippen molar-refractivity contribution in [2.24, 2.45) is 4.99 Å². The van der Waals surface area contributed by atoms with Gasteiger partial charge in [-0.25, -0.2) is 3.96 Å². The van der Waals surface area contributed by atoms with Gasteiger partial charge < -0.3 is 0 Å². The average molecular weight is 336 g/mol. The molecule has 21 heavy (non-hydrogen) atoms. The average Bonchev–Trinajstić information content (AvgIpc) is 2.93. The lowest BCUT2D eigenvalue weighted by molar-refractivity contribution is 1.12. The van der Waals surface area contributed by atoms with Crippen LogP contribution in [0.2, 0.25) is 10.0 Å². The first-order valence-electron chi connectivity index (χ1n) is 6.22. The Bertz CT molecular complexity index is 751. The zero-order valence-corrected chi connectivity index (χ0v) is 13.5. The molecule has 6 heteroatoms. The predicted molar refractivity (Wildman–Crippen MR) is 88.4 cm³/mol. The Hall–Kier alpha value is -1.62. The van der Waals surface area contributed by atoms with Gasteiger partial charge in [-0.15, -0.1) is 0 Å². The van der Waals surface area contributed by atoms with Crippen molar-refractivity contribution < 1.29 is 0 Å². The quantitative estimate of drug-likeness (QED) is 0.680. The molecule has 0 amide bonds. The summed E-state index contributed by atoms with van der Waals surface area (Å²) in [5.74, 6) is 0.833. The van der Waals surface area contributed by atoms with Crippen LogP contribution in [0.1, 0.15) is 0 Å². The number of hydrogen-bond acceptors (Lipinski definition) is 3. The van der Waals surface area contributed by atoms with Crippen LogP contribution < -0.4 is 4.80 Å². The van der Waals surface area contributed by atoms with E-state index in [1.54, 1.807) is 7.05 Å². The standard InChI is InChI=1S/C15H11Cl2N3S/c1-18-15-19-14(10-2-4-11(16)5-3-10)20(21-15)13-8-6-12(17)7-9-13/h2-9H,1H3. The van der Waals surface area contributed by atoms with Gasteiger partial charge in [0.05, 0.1) is 5.69 Å². The second-order valence-electron chi connectivity index (χ2n) is 4.31. The third-order valence-corrected chi connectivity index (χ3v) is 4.43. The number of hydrogen-bond donors (Lipinski definition) is 0. The maximum atomic E-state index is 5.95. The fraction of sp³-hybridized carbons (Fsp3) is 0.0667. The van der Waals surface area contributed by atoms with E-state index in [9.17, 15) is 0 Å². The van der Waals surface area contributed by atoms with Crippen molar-refractivity contribution in [2.75, 3.05) is 7.05 Å². The fourth-order valence-corrected chi connectivity index (χ4v) is 2.99. The molecule has 1 heterocycles. The molecule has 3 rings (SSSR count). The summed E-state index contributed by atoms with van der Waals surface area (Å²) in [5, 5.41) is 1.41. The molecule has 0 saturated carbocycles. The summed E-state index contributed by atoms with van der Waals surface area (Å²) >= 11 is 13.4. The summed E-state index contributed by atoms with van der Waals surface area (Å²) in [6.07, 6.45) is 0. The van der Waals surface area contributed by atoms with Gasteiger partial charge in [-0.3, -0.25) is 4.99 Å². The minimum absolute atomic E-state index is 0.701. The predicted octanol–water partition coefficient (Wildman–Crippen LogP) is 4.44. The third kappa shape index (κ3) is 3.02. The monoisotopic (exact) mass is 335 g/mol. The smallest absolute Gasteiger partial charge is 0.222 e. The molecule has 0 saturated heterocycles. The van der Waals surface area contributed by atoms with E-state index in [2.05, 4.69) is 9.98 Å². The molecular weight excluding hydrogens is 325 g/mol. The van der Waals surface area contributed by atoms with Gasteiger partial charge in [0.25, 0.3) is 0 Å². The maximum Gasteiger partial charge on any atom is 0.222 e. The summed E-state index contributed by atoms with van der Waals surface area (Å²) in [6, 6.07) is 15.2. The highest BCUT2D eigenvalue weighted by Gasteiger charge is 2.10. The molecule has 0 N–H and O–H groups in total. The summed E-state index contributed by atoms with van der Waals surface area (Å²) < 4.78 is 2.03. The van der Waals surface area contributed by atoms with Crippen LogP contribution in [-0.2, 0) is 0 Å². The molecule has 3 aromatic rings. The lowest BCUT2D eigenvalue weighted by Crippen LogP contribution is -1.96. The van der Waals surface area contributed by atoms with Crippen LogP contribution in [0.4, 0.5) is 0 Å². The van der Waals surface area contributed by atoms with Crippen LogP contribution in [0.25, 0.3) is 17.1 Å². The second kappa shape index (κ2) is 6.02. The molecule has 0 aliphatic heterocycles. The van der Waals surface area contributed by atoms with Crippen molar-refractivity contribution >= 4 is 34.7 Å². The Morgan fingerprint density at radius 1 is 0.952 bits per heavy atom. The Balaban J connectivity index is 2.18. The van der Waals surface area contributed by atoms with Gasteiger partial charge in [0.2, 0.25) is 4.80 Å². The van der Waals surface area contributed by atoms with Crippen LogP contribution in [0, 0.1) is 0 Å². The maximum absolute atomic E-state index is 5.95. The zero-order valence-electron chi connectivity index (χ0n) is 11.1. The molecule has 1 aromatic heterocycles. The second-order valence-corrected chi connectivity index (χ2v) is 6.10. The SMILES string of the molecule is CN=c1nc(-c2ccc(Cl)cc2)n(-c2ccc(Cl)cc2)s1. The van der Waals surface area contributed by atoms with E-state index in [0.29, 0.717) is 10.0 Å². The molecule has 0 radical (unpaired) electrons. The first-order valence-corrected chi connectivity index (χ1v) is 7.75. The number of rotatable bonds is 2. The van der Waals surface area contributed by atoms with E-state index in [1.165, 1.54) is 11.5 Å². The lowest BCUT2D eigenvalue weighted by Gasteiger charge is -2.06. The minimum atomic E-state index is 0.701. The highest BCUT2D eigenvalue weighted by atomic mass is 35.5. The van der Waals surface area contributed by atoms with Crippen molar-refractivity contribution in [3.63, 3.8) is 0 Å². The molecule has 0 unspecified atom stereocenters. The molecule has 0 atom stereocenters. The Labute approximate surface area is 136 Å². The molecule has 0 bridgehead atoms. The summed E-state index contributed by atoms with van der Waals surface area (Å²) in [4.78, 5) is 9.46. The first-order chi connectivity index (χ1) is 10.2. The summed E-state index contributed by atoms with van der Waals surface area (Å²) in [7, 11) is 1.73. The lowest BCUT2D eigenvalue weighted by atomic mass is 10.2. The minimum Gasteiger partial charge on any atom is -0.260 e. The highest BCUT2D eigenvalue weighted by molar-refractivity contribution is 7.04. The number of aromatic nitrogens is 2. The first kappa shape index (κ1) is 14.3. The Kier molecular flexibility index (Phi) is 4.10. The van der Waals surface area contributed by atoms with Gasteiger partial charge in [0.1, 0.15) is 0 Å². The fourth-order valence-electron chi connectivity index (χ4n) is 1.90. The van der Waals surface area contributed by atoms with Crippen LogP contribution in [0.15, 0.2) is 53.5 Å². The Morgan fingerprint density at radius 3 is 2.10 bits per heavy atom. The van der Waals surface area contributed by atoms with E-state index in [-0.39, 0.29) is 0 Å². The third-order valence-electron chi connectivity index (χ3n) is 2.92. The van der Waals surface area contributed by atoms with Gasteiger partial charge in [-0.2, -0.15) is 4.98 Å². The molecular formula is C15H11Cl2N3S. The molecule has 2 aromatic carbocycles. The normalized spacial score (nSPS) is 11.9.